The summed E-state index contributed by atoms with van der Waals surface area (Å²) in [7, 11) is 1.62. The van der Waals surface area contributed by atoms with E-state index in [0.29, 0.717) is 5.88 Å². The molecule has 0 spiro atoms. The summed E-state index contributed by atoms with van der Waals surface area (Å²) in [5.74, 6) is 0.678. The molecule has 0 radical (unpaired) electrons. The molecule has 0 aromatic heterocycles. The van der Waals surface area contributed by atoms with Crippen molar-refractivity contribution in [3.05, 3.63) is 23.6 Å². The number of allylic oxidation sites excluding steroid dienone is 3. The Morgan fingerprint density at radius 1 is 1.50 bits per heavy atom. The molecule has 2 heteroatoms. The summed E-state index contributed by atoms with van der Waals surface area (Å²) < 4.78 is 4.94. The van der Waals surface area contributed by atoms with Gasteiger partial charge in [-0.3, -0.25) is 0 Å². The van der Waals surface area contributed by atoms with E-state index in [1.807, 2.05) is 18.4 Å². The van der Waals surface area contributed by atoms with Crippen LogP contribution in [0.3, 0.4) is 0 Å². The maximum absolute atomic E-state index is 4.94. The van der Waals surface area contributed by atoms with Crippen LogP contribution in [-0.4, -0.2) is 13.3 Å². The van der Waals surface area contributed by atoms with Crippen LogP contribution in [0.15, 0.2) is 28.6 Å². The third kappa shape index (κ3) is 1.72. The molecular weight excluding hydrogens is 126 g/mol. The van der Waals surface area contributed by atoms with Crippen LogP contribution in [0.1, 0.15) is 13.3 Å². The Bertz CT molecular complexity index is 201. The lowest BCUT2D eigenvalue weighted by Crippen LogP contribution is -1.80. The highest BCUT2D eigenvalue weighted by Gasteiger charge is 1.93. The van der Waals surface area contributed by atoms with Crippen LogP contribution in [0.25, 0.3) is 0 Å². The Kier molecular flexibility index (Phi) is 2.26. The van der Waals surface area contributed by atoms with E-state index in [0.717, 1.165) is 6.42 Å². The summed E-state index contributed by atoms with van der Waals surface area (Å²) in [6, 6.07) is 0. The number of methoxy groups -OCH3 is 1. The van der Waals surface area contributed by atoms with Gasteiger partial charge in [0.15, 0.2) is 0 Å². The van der Waals surface area contributed by atoms with Gasteiger partial charge in [-0.05, 0) is 6.92 Å². The van der Waals surface area contributed by atoms with Crippen LogP contribution in [0, 0.1) is 0 Å². The Balaban J connectivity index is 2.75. The molecule has 0 unspecified atom stereocenters. The number of rotatable bonds is 1. The van der Waals surface area contributed by atoms with Gasteiger partial charge in [0.25, 0.3) is 0 Å². The maximum atomic E-state index is 4.94. The van der Waals surface area contributed by atoms with Crippen LogP contribution < -0.4 is 0 Å². The zero-order valence-electron chi connectivity index (χ0n) is 6.29. The summed E-state index contributed by atoms with van der Waals surface area (Å²) in [5.41, 5.74) is 1.30. The number of nitrogens with zero attached hydrogens (tertiary/aromatic N) is 1. The molecule has 1 rings (SSSR count). The molecule has 1 heterocycles. The average molecular weight is 137 g/mol. The van der Waals surface area contributed by atoms with Crippen LogP contribution in [-0.2, 0) is 4.74 Å². The third-order valence-corrected chi connectivity index (χ3v) is 1.35. The van der Waals surface area contributed by atoms with Gasteiger partial charge in [-0.2, -0.15) is 0 Å². The molecule has 10 heavy (non-hydrogen) atoms. The number of ether oxygens (including phenoxy) is 1. The fourth-order valence-corrected chi connectivity index (χ4v) is 0.725. The second-order valence-electron chi connectivity index (χ2n) is 2.24. The average Bonchev–Trinajstić information content (AvgIpc) is 2.14. The molecule has 0 amide bonds. The lowest BCUT2D eigenvalue weighted by Gasteiger charge is -1.93. The van der Waals surface area contributed by atoms with Crippen molar-refractivity contribution < 1.29 is 4.74 Å². The van der Waals surface area contributed by atoms with Gasteiger partial charge in [0, 0.05) is 18.7 Å². The summed E-state index contributed by atoms with van der Waals surface area (Å²) >= 11 is 0. The van der Waals surface area contributed by atoms with E-state index in [4.69, 9.17) is 4.74 Å². The van der Waals surface area contributed by atoms with Crippen molar-refractivity contribution >= 4 is 6.21 Å². The fourth-order valence-electron chi connectivity index (χ4n) is 0.725. The largest absolute Gasteiger partial charge is 0.481 e. The molecule has 0 N–H and O–H groups in total. The van der Waals surface area contributed by atoms with E-state index in [1.54, 1.807) is 7.11 Å². The molecule has 1 aliphatic rings. The van der Waals surface area contributed by atoms with Crippen LogP contribution in [0.4, 0.5) is 0 Å². The van der Waals surface area contributed by atoms with Crippen LogP contribution in [0.2, 0.25) is 0 Å². The lowest BCUT2D eigenvalue weighted by atomic mass is 10.2. The van der Waals surface area contributed by atoms with E-state index in [-0.39, 0.29) is 0 Å². The highest BCUT2D eigenvalue weighted by molar-refractivity contribution is 5.63. The quantitative estimate of drug-likeness (QED) is 0.541. The monoisotopic (exact) mass is 137 g/mol. The van der Waals surface area contributed by atoms with Crippen molar-refractivity contribution in [1.29, 1.82) is 0 Å². The van der Waals surface area contributed by atoms with Crippen LogP contribution in [0.5, 0.6) is 0 Å². The van der Waals surface area contributed by atoms with Gasteiger partial charge in [-0.15, -0.1) is 0 Å². The van der Waals surface area contributed by atoms with Gasteiger partial charge in [0.05, 0.1) is 7.11 Å². The Morgan fingerprint density at radius 3 is 3.00 bits per heavy atom. The second-order valence-corrected chi connectivity index (χ2v) is 2.24. The first kappa shape index (κ1) is 7.06. The van der Waals surface area contributed by atoms with E-state index in [1.165, 1.54) is 5.57 Å². The molecule has 0 fully saturated rings. The van der Waals surface area contributed by atoms with E-state index in [2.05, 4.69) is 11.9 Å². The number of hydrogen-bond acceptors (Lipinski definition) is 2. The predicted octanol–water partition coefficient (Wildman–Crippen LogP) is 1.90. The highest BCUT2D eigenvalue weighted by Crippen LogP contribution is 2.06. The first-order chi connectivity index (χ1) is 4.83. The van der Waals surface area contributed by atoms with Gasteiger partial charge in [-0.1, -0.05) is 11.6 Å². The number of aliphatic imine (C=N–C) groups is 1. The topological polar surface area (TPSA) is 21.6 Å². The molecule has 0 atom stereocenters. The summed E-state index contributed by atoms with van der Waals surface area (Å²) in [6.07, 6.45) is 6.67. The molecule has 2 nitrogen and oxygen atoms in total. The molecule has 1 aliphatic heterocycles. The number of hydrogen-bond donors (Lipinski definition) is 0. The normalized spacial score (nSPS) is 17.4. The molecule has 0 saturated carbocycles. The minimum absolute atomic E-state index is 0.678. The Morgan fingerprint density at radius 2 is 2.30 bits per heavy atom. The molecule has 0 saturated heterocycles. The van der Waals surface area contributed by atoms with E-state index >= 15 is 0 Å². The van der Waals surface area contributed by atoms with Gasteiger partial charge < -0.3 is 4.74 Å². The van der Waals surface area contributed by atoms with Crippen molar-refractivity contribution in [2.45, 2.75) is 13.3 Å². The first-order valence-electron chi connectivity index (χ1n) is 3.27. The summed E-state index contributed by atoms with van der Waals surface area (Å²) in [4.78, 5) is 4.05. The van der Waals surface area contributed by atoms with Crippen molar-refractivity contribution in [2.24, 2.45) is 4.99 Å². The van der Waals surface area contributed by atoms with Crippen molar-refractivity contribution in [3.8, 4) is 0 Å². The third-order valence-electron chi connectivity index (χ3n) is 1.35. The molecule has 0 aromatic carbocycles. The summed E-state index contributed by atoms with van der Waals surface area (Å²) in [5, 5.41) is 0. The van der Waals surface area contributed by atoms with Gasteiger partial charge in [-0.25, -0.2) is 4.99 Å². The van der Waals surface area contributed by atoms with Crippen molar-refractivity contribution in [1.82, 2.24) is 0 Å². The van der Waals surface area contributed by atoms with Gasteiger partial charge >= 0.3 is 0 Å². The van der Waals surface area contributed by atoms with E-state index in [9.17, 15) is 0 Å². The Labute approximate surface area is 60.9 Å². The van der Waals surface area contributed by atoms with Crippen molar-refractivity contribution in [2.75, 3.05) is 7.11 Å². The predicted molar refractivity (Wildman–Crippen MR) is 42.0 cm³/mol. The standard InChI is InChI=1S/C8H11NO/c1-7-3-4-8(10-2)9-6-5-7/h3-4,6H,5H2,1-2H3. The molecule has 0 aromatic rings. The zero-order valence-corrected chi connectivity index (χ0v) is 6.29. The SMILES string of the molecule is COC1=CC=C(C)CC=N1. The minimum Gasteiger partial charge on any atom is -0.481 e. The minimum atomic E-state index is 0.678. The molecule has 54 valence electrons. The van der Waals surface area contributed by atoms with Gasteiger partial charge in [0.2, 0.25) is 5.88 Å². The smallest absolute Gasteiger partial charge is 0.212 e. The lowest BCUT2D eigenvalue weighted by molar-refractivity contribution is 0.289. The first-order valence-corrected chi connectivity index (χ1v) is 3.27. The molecule has 0 aliphatic carbocycles. The van der Waals surface area contributed by atoms with Gasteiger partial charge in [0.1, 0.15) is 0 Å². The Hall–Kier alpha value is -1.05. The second kappa shape index (κ2) is 3.20. The molecular formula is C8H11NO. The fraction of sp³-hybridized carbons (Fsp3) is 0.375. The highest BCUT2D eigenvalue weighted by atomic mass is 16.5. The van der Waals surface area contributed by atoms with E-state index < -0.39 is 0 Å². The zero-order chi connectivity index (χ0) is 7.40. The molecule has 0 bridgehead atoms. The maximum Gasteiger partial charge on any atom is 0.212 e. The van der Waals surface area contributed by atoms with Crippen LogP contribution >= 0.6 is 0 Å². The summed E-state index contributed by atoms with van der Waals surface area (Å²) in [6.45, 7) is 2.07. The van der Waals surface area contributed by atoms with Crippen molar-refractivity contribution in [3.63, 3.8) is 0 Å².